The van der Waals surface area contributed by atoms with E-state index in [4.69, 9.17) is 5.11 Å². The predicted octanol–water partition coefficient (Wildman–Crippen LogP) is 5.46. The lowest BCUT2D eigenvalue weighted by molar-refractivity contribution is 0.0697. The molecule has 0 bridgehead atoms. The normalized spacial score (nSPS) is 11.3. The molecular weight excluding hydrogens is 451 g/mol. The number of aromatic nitrogens is 1. The summed E-state index contributed by atoms with van der Waals surface area (Å²) < 4.78 is 37.0. The maximum atomic E-state index is 13.4. The van der Waals surface area contributed by atoms with Gasteiger partial charge in [0.25, 0.3) is 0 Å². The van der Waals surface area contributed by atoms with Crippen molar-refractivity contribution in [2.24, 2.45) is 0 Å². The van der Waals surface area contributed by atoms with Crippen LogP contribution in [0.15, 0.2) is 77.7 Å². The molecule has 0 saturated heterocycles. The number of nitrogens with one attached hydrogen (secondary N) is 1. The van der Waals surface area contributed by atoms with Gasteiger partial charge in [-0.25, -0.2) is 22.6 Å². The molecular formula is C23H17FN2O4S2. The first-order chi connectivity index (χ1) is 15.2. The van der Waals surface area contributed by atoms with Gasteiger partial charge in [-0.05, 0) is 66.2 Å². The number of aromatic carboxylic acids is 1. The first-order valence-corrected chi connectivity index (χ1v) is 12.1. The Bertz CT molecular complexity index is 1380. The molecule has 0 spiro atoms. The SMILES string of the molecule is CS(=O)(=O)c1ccc(-c2sc(Nc3ccc(C(=O)O)cc3)nc2-c2ccc(F)cc2)cc1. The van der Waals surface area contributed by atoms with Crippen LogP contribution < -0.4 is 5.32 Å². The number of anilines is 2. The third-order valence-electron chi connectivity index (χ3n) is 4.67. The Morgan fingerprint density at radius 1 is 0.938 bits per heavy atom. The number of rotatable bonds is 6. The van der Waals surface area contributed by atoms with Crippen molar-refractivity contribution >= 4 is 38.0 Å². The standard InChI is InChI=1S/C23H17FN2O4S2/c1-32(29,30)19-12-6-15(7-13-19)21-20(14-2-8-17(24)9-3-14)26-23(31-21)25-18-10-4-16(5-11-18)22(27)28/h2-13H,1H3,(H,25,26)(H,27,28). The Morgan fingerprint density at radius 2 is 1.53 bits per heavy atom. The molecule has 0 aliphatic carbocycles. The van der Waals surface area contributed by atoms with Crippen LogP contribution in [0.5, 0.6) is 0 Å². The van der Waals surface area contributed by atoms with E-state index in [-0.39, 0.29) is 16.3 Å². The summed E-state index contributed by atoms with van der Waals surface area (Å²) >= 11 is 1.35. The first kappa shape index (κ1) is 21.7. The van der Waals surface area contributed by atoms with E-state index in [0.717, 1.165) is 16.7 Å². The van der Waals surface area contributed by atoms with Crippen LogP contribution >= 0.6 is 11.3 Å². The highest BCUT2D eigenvalue weighted by Gasteiger charge is 2.17. The highest BCUT2D eigenvalue weighted by molar-refractivity contribution is 7.90. The molecule has 162 valence electrons. The predicted molar refractivity (Wildman–Crippen MR) is 123 cm³/mol. The van der Waals surface area contributed by atoms with Crippen LogP contribution in [-0.4, -0.2) is 30.7 Å². The average Bonchev–Trinajstić information content (AvgIpc) is 3.18. The van der Waals surface area contributed by atoms with Gasteiger partial charge in [-0.15, -0.1) is 0 Å². The number of hydrogen-bond acceptors (Lipinski definition) is 6. The second kappa shape index (κ2) is 8.52. The van der Waals surface area contributed by atoms with Crippen LogP contribution in [0.2, 0.25) is 0 Å². The fourth-order valence-corrected chi connectivity index (χ4v) is 4.69. The number of nitrogens with zero attached hydrogens (tertiary/aromatic N) is 1. The molecule has 1 heterocycles. The number of thiazole rings is 1. The zero-order valence-electron chi connectivity index (χ0n) is 16.7. The summed E-state index contributed by atoms with van der Waals surface area (Å²) in [5, 5.41) is 12.8. The van der Waals surface area contributed by atoms with Crippen molar-refractivity contribution in [1.82, 2.24) is 4.98 Å². The molecule has 9 heteroatoms. The van der Waals surface area contributed by atoms with E-state index < -0.39 is 15.8 Å². The summed E-state index contributed by atoms with van der Waals surface area (Å²) in [4.78, 5) is 16.7. The third-order valence-corrected chi connectivity index (χ3v) is 6.82. The van der Waals surface area contributed by atoms with Gasteiger partial charge in [-0.2, -0.15) is 0 Å². The maximum Gasteiger partial charge on any atom is 0.335 e. The van der Waals surface area contributed by atoms with Crippen LogP contribution in [-0.2, 0) is 9.84 Å². The molecule has 32 heavy (non-hydrogen) atoms. The van der Waals surface area contributed by atoms with Crippen molar-refractivity contribution in [3.8, 4) is 21.7 Å². The molecule has 3 aromatic carbocycles. The lowest BCUT2D eigenvalue weighted by atomic mass is 10.1. The van der Waals surface area contributed by atoms with Gasteiger partial charge in [0.2, 0.25) is 0 Å². The molecule has 0 radical (unpaired) electrons. The zero-order chi connectivity index (χ0) is 22.9. The summed E-state index contributed by atoms with van der Waals surface area (Å²) in [6.45, 7) is 0. The number of hydrogen-bond donors (Lipinski definition) is 2. The first-order valence-electron chi connectivity index (χ1n) is 9.38. The van der Waals surface area contributed by atoms with Crippen molar-refractivity contribution in [1.29, 1.82) is 0 Å². The van der Waals surface area contributed by atoms with Gasteiger partial charge in [-0.3, -0.25) is 0 Å². The topological polar surface area (TPSA) is 96.4 Å². The van der Waals surface area contributed by atoms with E-state index in [2.05, 4.69) is 10.3 Å². The Morgan fingerprint density at radius 3 is 2.09 bits per heavy atom. The molecule has 0 aliphatic rings. The molecule has 1 aromatic heterocycles. The molecule has 0 unspecified atom stereocenters. The van der Waals surface area contributed by atoms with Gasteiger partial charge in [-0.1, -0.05) is 23.5 Å². The molecule has 0 saturated carbocycles. The van der Waals surface area contributed by atoms with E-state index in [1.165, 1.54) is 47.7 Å². The third kappa shape index (κ3) is 4.68. The van der Waals surface area contributed by atoms with Gasteiger partial charge < -0.3 is 10.4 Å². The quantitative estimate of drug-likeness (QED) is 0.390. The number of benzene rings is 3. The Balaban J connectivity index is 1.74. The van der Waals surface area contributed by atoms with Crippen molar-refractivity contribution < 1.29 is 22.7 Å². The lowest BCUT2D eigenvalue weighted by Crippen LogP contribution is -1.96. The monoisotopic (exact) mass is 468 g/mol. The zero-order valence-corrected chi connectivity index (χ0v) is 18.4. The number of sulfone groups is 1. The Labute approximate surface area is 187 Å². The van der Waals surface area contributed by atoms with Gasteiger partial charge in [0.1, 0.15) is 5.82 Å². The highest BCUT2D eigenvalue weighted by Crippen LogP contribution is 2.40. The number of carboxylic acids is 1. The summed E-state index contributed by atoms with van der Waals surface area (Å²) in [7, 11) is -3.32. The van der Waals surface area contributed by atoms with Crippen LogP contribution in [0.1, 0.15) is 10.4 Å². The van der Waals surface area contributed by atoms with Crippen LogP contribution in [0, 0.1) is 5.82 Å². The molecule has 4 aromatic rings. The van der Waals surface area contributed by atoms with Gasteiger partial charge >= 0.3 is 5.97 Å². The fourth-order valence-electron chi connectivity index (χ4n) is 3.05. The summed E-state index contributed by atoms with van der Waals surface area (Å²) in [6.07, 6.45) is 1.15. The molecule has 0 fully saturated rings. The minimum Gasteiger partial charge on any atom is -0.478 e. The van der Waals surface area contributed by atoms with Crippen LogP contribution in [0.25, 0.3) is 21.7 Å². The van der Waals surface area contributed by atoms with Gasteiger partial charge in [0.05, 0.1) is 21.0 Å². The summed E-state index contributed by atoms with van der Waals surface area (Å²) in [5.41, 5.74) is 2.93. The Kier molecular flexibility index (Phi) is 5.77. The number of halogens is 1. The lowest BCUT2D eigenvalue weighted by Gasteiger charge is -2.04. The second-order valence-corrected chi connectivity index (χ2v) is 10.0. The summed E-state index contributed by atoms with van der Waals surface area (Å²) in [6, 6.07) is 18.7. The second-order valence-electron chi connectivity index (χ2n) is 7.01. The van der Waals surface area contributed by atoms with E-state index in [1.807, 2.05) is 0 Å². The van der Waals surface area contributed by atoms with Crippen LogP contribution in [0.3, 0.4) is 0 Å². The minimum absolute atomic E-state index is 0.174. The van der Waals surface area contributed by atoms with E-state index in [1.54, 1.807) is 36.4 Å². The average molecular weight is 469 g/mol. The number of carbonyl (C=O) groups is 1. The maximum absolute atomic E-state index is 13.4. The smallest absolute Gasteiger partial charge is 0.335 e. The molecule has 0 aliphatic heterocycles. The summed E-state index contributed by atoms with van der Waals surface area (Å²) in [5.74, 6) is -1.37. The molecule has 2 N–H and O–H groups in total. The largest absolute Gasteiger partial charge is 0.478 e. The molecule has 0 amide bonds. The highest BCUT2D eigenvalue weighted by atomic mass is 32.2. The number of carboxylic acid groups (broad SMARTS) is 1. The van der Waals surface area contributed by atoms with E-state index in [9.17, 15) is 17.6 Å². The fraction of sp³-hybridized carbons (Fsp3) is 0.0435. The van der Waals surface area contributed by atoms with Crippen LogP contribution in [0.4, 0.5) is 15.2 Å². The van der Waals surface area contributed by atoms with Crippen molar-refractivity contribution in [2.45, 2.75) is 4.90 Å². The van der Waals surface area contributed by atoms with Gasteiger partial charge in [0, 0.05) is 17.5 Å². The van der Waals surface area contributed by atoms with Crippen molar-refractivity contribution in [3.05, 3.63) is 84.2 Å². The molecule has 0 atom stereocenters. The molecule has 4 rings (SSSR count). The van der Waals surface area contributed by atoms with E-state index in [0.29, 0.717) is 22.1 Å². The van der Waals surface area contributed by atoms with Gasteiger partial charge in [0.15, 0.2) is 15.0 Å². The van der Waals surface area contributed by atoms with E-state index >= 15 is 0 Å². The van der Waals surface area contributed by atoms with Crippen molar-refractivity contribution in [2.75, 3.05) is 11.6 Å². The molecule has 6 nitrogen and oxygen atoms in total. The Hall–Kier alpha value is -3.56. The van der Waals surface area contributed by atoms with Crippen molar-refractivity contribution in [3.63, 3.8) is 0 Å². The minimum atomic E-state index is -3.32.